The molecular weight excluding hydrogens is 325 g/mol. The third kappa shape index (κ3) is 4.01. The highest BCUT2D eigenvalue weighted by Gasteiger charge is 2.62. The lowest BCUT2D eigenvalue weighted by Crippen LogP contribution is -2.55. The molecule has 24 heavy (non-hydrogen) atoms. The molecule has 0 aliphatic carbocycles. The summed E-state index contributed by atoms with van der Waals surface area (Å²) in [5.41, 5.74) is -3.45. The second-order valence-corrected chi connectivity index (χ2v) is 6.34. The van der Waals surface area contributed by atoms with Crippen LogP contribution in [0, 0.1) is 6.92 Å². The number of hydrogen-bond donors (Lipinski definition) is 1. The summed E-state index contributed by atoms with van der Waals surface area (Å²) >= 11 is 0. The maximum absolute atomic E-state index is 13.4. The molecule has 1 aromatic rings. The minimum Gasteiger partial charge on any atom is -0.496 e. The standard InChI is InChI=1S/C17H23F3O4/c1-6-24-14(21)16(22,17(18,19)20)10-15(3,4)12-8-7-11(2)9-13(12)23-5/h7-9,22H,6,10H2,1-5H3. The smallest absolute Gasteiger partial charge is 0.428 e. The molecule has 0 aliphatic heterocycles. The monoisotopic (exact) mass is 348 g/mol. The fourth-order valence-corrected chi connectivity index (χ4v) is 2.63. The SMILES string of the molecule is CCOC(=O)C(O)(CC(C)(C)c1ccc(C)cc1OC)C(F)(F)F. The van der Waals surface area contributed by atoms with E-state index in [4.69, 9.17) is 4.74 Å². The van der Waals surface area contributed by atoms with Crippen LogP contribution < -0.4 is 4.74 Å². The fraction of sp³-hybridized carbons (Fsp3) is 0.588. The first-order valence-electron chi connectivity index (χ1n) is 7.50. The second kappa shape index (κ2) is 7.01. The van der Waals surface area contributed by atoms with Gasteiger partial charge in [0.05, 0.1) is 13.7 Å². The Bertz CT molecular complexity index is 596. The number of methoxy groups -OCH3 is 1. The first-order chi connectivity index (χ1) is 10.9. The zero-order valence-corrected chi connectivity index (χ0v) is 14.5. The fourth-order valence-electron chi connectivity index (χ4n) is 2.63. The van der Waals surface area contributed by atoms with E-state index in [0.29, 0.717) is 11.3 Å². The number of halogens is 3. The van der Waals surface area contributed by atoms with Crippen LogP contribution in [0.1, 0.15) is 38.3 Å². The Hall–Kier alpha value is -1.76. The number of ether oxygens (including phenoxy) is 2. The molecule has 4 nitrogen and oxygen atoms in total. The molecule has 0 saturated heterocycles. The van der Waals surface area contributed by atoms with Crippen LogP contribution in [0.25, 0.3) is 0 Å². The lowest BCUT2D eigenvalue weighted by molar-refractivity contribution is -0.267. The molecule has 7 heteroatoms. The molecule has 0 fully saturated rings. The first-order valence-corrected chi connectivity index (χ1v) is 7.50. The van der Waals surface area contributed by atoms with Crippen molar-refractivity contribution in [1.82, 2.24) is 0 Å². The van der Waals surface area contributed by atoms with E-state index in [1.165, 1.54) is 27.9 Å². The van der Waals surface area contributed by atoms with E-state index in [1.807, 2.05) is 6.92 Å². The number of carbonyl (C=O) groups excluding carboxylic acids is 1. The van der Waals surface area contributed by atoms with Gasteiger partial charge in [-0.1, -0.05) is 26.0 Å². The number of carbonyl (C=O) groups is 1. The van der Waals surface area contributed by atoms with Crippen molar-refractivity contribution in [3.8, 4) is 5.75 Å². The van der Waals surface area contributed by atoms with Gasteiger partial charge >= 0.3 is 12.1 Å². The lowest BCUT2D eigenvalue weighted by atomic mass is 9.74. The van der Waals surface area contributed by atoms with Gasteiger partial charge in [-0.2, -0.15) is 13.2 Å². The zero-order valence-electron chi connectivity index (χ0n) is 14.5. The number of aryl methyl sites for hydroxylation is 1. The minimum absolute atomic E-state index is 0.258. The number of rotatable bonds is 6. The maximum atomic E-state index is 13.4. The Balaban J connectivity index is 3.33. The van der Waals surface area contributed by atoms with E-state index in [1.54, 1.807) is 18.2 Å². The van der Waals surface area contributed by atoms with Crippen molar-refractivity contribution in [2.24, 2.45) is 0 Å². The molecule has 0 spiro atoms. The van der Waals surface area contributed by atoms with Gasteiger partial charge in [0.25, 0.3) is 5.60 Å². The predicted molar refractivity (Wildman–Crippen MR) is 83.0 cm³/mol. The van der Waals surface area contributed by atoms with Crippen molar-refractivity contribution in [3.63, 3.8) is 0 Å². The number of aliphatic hydroxyl groups is 1. The molecule has 1 unspecified atom stereocenters. The zero-order chi connectivity index (χ0) is 18.8. The van der Waals surface area contributed by atoms with Gasteiger partial charge in [-0.25, -0.2) is 4.79 Å². The Morgan fingerprint density at radius 2 is 1.83 bits per heavy atom. The molecular formula is C17H23F3O4. The molecule has 1 aromatic carbocycles. The van der Waals surface area contributed by atoms with Gasteiger partial charge < -0.3 is 14.6 Å². The summed E-state index contributed by atoms with van der Waals surface area (Å²) in [6.45, 7) is 5.96. The van der Waals surface area contributed by atoms with Crippen LogP contribution in [0.3, 0.4) is 0 Å². The van der Waals surface area contributed by atoms with E-state index in [-0.39, 0.29) is 6.61 Å². The van der Waals surface area contributed by atoms with Crippen LogP contribution in [0.4, 0.5) is 13.2 Å². The third-order valence-corrected chi connectivity index (χ3v) is 3.87. The van der Waals surface area contributed by atoms with Crippen LogP contribution in [-0.4, -0.2) is 36.6 Å². The largest absolute Gasteiger partial charge is 0.496 e. The molecule has 0 aliphatic rings. The Kier molecular flexibility index (Phi) is 5.92. The van der Waals surface area contributed by atoms with Crippen LogP contribution in [0.5, 0.6) is 5.75 Å². The van der Waals surface area contributed by atoms with Gasteiger partial charge in [0.15, 0.2) is 0 Å². The van der Waals surface area contributed by atoms with E-state index in [0.717, 1.165) is 5.56 Å². The normalized spacial score (nSPS) is 14.9. The van der Waals surface area contributed by atoms with Gasteiger partial charge in [-0.3, -0.25) is 0 Å². The highest BCUT2D eigenvalue weighted by molar-refractivity contribution is 5.80. The van der Waals surface area contributed by atoms with Crippen molar-refractivity contribution >= 4 is 5.97 Å². The van der Waals surface area contributed by atoms with Crippen molar-refractivity contribution in [1.29, 1.82) is 0 Å². The Morgan fingerprint density at radius 3 is 2.29 bits per heavy atom. The summed E-state index contributed by atoms with van der Waals surface area (Å²) < 4.78 is 49.9. The Labute approximate surface area is 139 Å². The van der Waals surface area contributed by atoms with Crippen molar-refractivity contribution < 1.29 is 32.5 Å². The van der Waals surface area contributed by atoms with E-state index in [9.17, 15) is 23.1 Å². The average Bonchev–Trinajstić information content (AvgIpc) is 2.45. The summed E-state index contributed by atoms with van der Waals surface area (Å²) in [5, 5.41) is 10.1. The number of hydrogen-bond acceptors (Lipinski definition) is 4. The van der Waals surface area contributed by atoms with Crippen molar-refractivity contribution in [3.05, 3.63) is 29.3 Å². The summed E-state index contributed by atoms with van der Waals surface area (Å²) in [6, 6.07) is 5.06. The summed E-state index contributed by atoms with van der Waals surface area (Å²) in [7, 11) is 1.41. The van der Waals surface area contributed by atoms with E-state index in [2.05, 4.69) is 4.74 Å². The quantitative estimate of drug-likeness (QED) is 0.799. The number of benzene rings is 1. The highest BCUT2D eigenvalue weighted by atomic mass is 19.4. The molecule has 0 aromatic heterocycles. The molecule has 136 valence electrons. The van der Waals surface area contributed by atoms with Crippen LogP contribution >= 0.6 is 0 Å². The van der Waals surface area contributed by atoms with Gasteiger partial charge in [0.2, 0.25) is 0 Å². The van der Waals surface area contributed by atoms with Crippen molar-refractivity contribution in [2.45, 2.75) is 51.3 Å². The molecule has 1 N–H and O–H groups in total. The number of alkyl halides is 3. The van der Waals surface area contributed by atoms with E-state index >= 15 is 0 Å². The summed E-state index contributed by atoms with van der Waals surface area (Å²) in [5.74, 6) is -1.30. The Morgan fingerprint density at radius 1 is 1.25 bits per heavy atom. The molecule has 1 rings (SSSR count). The topological polar surface area (TPSA) is 55.8 Å². The minimum atomic E-state index is -5.16. The van der Waals surface area contributed by atoms with Gasteiger partial charge in [-0.05, 0) is 36.5 Å². The second-order valence-electron chi connectivity index (χ2n) is 6.34. The van der Waals surface area contributed by atoms with Crippen LogP contribution in [-0.2, 0) is 14.9 Å². The predicted octanol–water partition coefficient (Wildman–Crippen LogP) is 3.53. The van der Waals surface area contributed by atoms with Crippen LogP contribution in [0.15, 0.2) is 18.2 Å². The average molecular weight is 348 g/mol. The van der Waals surface area contributed by atoms with Gasteiger partial charge in [-0.15, -0.1) is 0 Å². The molecule has 0 heterocycles. The summed E-state index contributed by atoms with van der Waals surface area (Å²) in [6.07, 6.45) is -6.05. The first kappa shape index (κ1) is 20.3. The lowest BCUT2D eigenvalue weighted by Gasteiger charge is -2.36. The highest BCUT2D eigenvalue weighted by Crippen LogP contribution is 2.44. The van der Waals surface area contributed by atoms with Gasteiger partial charge in [0, 0.05) is 6.42 Å². The molecule has 0 saturated carbocycles. The molecule has 1 atom stereocenters. The van der Waals surface area contributed by atoms with Gasteiger partial charge in [0.1, 0.15) is 5.75 Å². The number of esters is 1. The molecule has 0 amide bonds. The van der Waals surface area contributed by atoms with Crippen LogP contribution in [0.2, 0.25) is 0 Å². The summed E-state index contributed by atoms with van der Waals surface area (Å²) in [4.78, 5) is 11.8. The molecule has 0 radical (unpaired) electrons. The van der Waals surface area contributed by atoms with E-state index < -0.39 is 29.6 Å². The van der Waals surface area contributed by atoms with Crippen molar-refractivity contribution in [2.75, 3.05) is 13.7 Å². The molecule has 0 bridgehead atoms. The third-order valence-electron chi connectivity index (χ3n) is 3.87. The maximum Gasteiger partial charge on any atom is 0.428 e.